The van der Waals surface area contributed by atoms with E-state index in [1.807, 2.05) is 0 Å². The van der Waals surface area contributed by atoms with Crippen LogP contribution in [-0.2, 0) is 24.4 Å². The number of amides is 1. The SMILES string of the molecule is C=CCOC(C)=O.C=CCS(=O)(=O)O.C=CNC(C)=O. The molecule has 0 fully saturated rings. The maximum absolute atomic E-state index is 9.93. The minimum absolute atomic E-state index is 0.0787. The predicted octanol–water partition coefficient (Wildman–Crippen LogP) is 1.06. The van der Waals surface area contributed by atoms with Crippen molar-refractivity contribution in [3.63, 3.8) is 0 Å². The van der Waals surface area contributed by atoms with Gasteiger partial charge in [-0.15, -0.1) is 6.58 Å². The smallest absolute Gasteiger partial charge is 0.302 e. The average molecular weight is 307 g/mol. The van der Waals surface area contributed by atoms with Gasteiger partial charge in [-0.25, -0.2) is 0 Å². The number of nitrogens with one attached hydrogen (secondary N) is 1. The van der Waals surface area contributed by atoms with Crippen LogP contribution in [0.4, 0.5) is 0 Å². The molecule has 0 saturated carbocycles. The Balaban J connectivity index is -0.000000218. The highest BCUT2D eigenvalue weighted by molar-refractivity contribution is 7.85. The van der Waals surface area contributed by atoms with Gasteiger partial charge < -0.3 is 10.1 Å². The quantitative estimate of drug-likeness (QED) is 0.446. The third-order valence-corrected chi connectivity index (χ3v) is 1.70. The summed E-state index contributed by atoms with van der Waals surface area (Å²) in [6.07, 6.45) is 4.00. The van der Waals surface area contributed by atoms with Crippen LogP contribution in [0.3, 0.4) is 0 Å². The number of hydrogen-bond acceptors (Lipinski definition) is 5. The summed E-state index contributed by atoms with van der Waals surface area (Å²) >= 11 is 0. The van der Waals surface area contributed by atoms with Crippen LogP contribution in [0.5, 0.6) is 0 Å². The molecule has 0 spiro atoms. The van der Waals surface area contributed by atoms with E-state index in [9.17, 15) is 18.0 Å². The van der Waals surface area contributed by atoms with E-state index in [-0.39, 0.29) is 17.6 Å². The van der Waals surface area contributed by atoms with Crippen molar-refractivity contribution in [2.75, 3.05) is 12.4 Å². The molecule has 0 radical (unpaired) electrons. The zero-order valence-corrected chi connectivity index (χ0v) is 12.5. The highest BCUT2D eigenvalue weighted by atomic mass is 32.2. The monoisotopic (exact) mass is 307 g/mol. The van der Waals surface area contributed by atoms with Gasteiger partial charge in [0.25, 0.3) is 10.1 Å². The van der Waals surface area contributed by atoms with E-state index in [0.717, 1.165) is 6.08 Å². The molecule has 1 amide bonds. The summed E-state index contributed by atoms with van der Waals surface area (Å²) in [7, 11) is -3.79. The molecule has 0 heterocycles. The second-order valence-corrected chi connectivity index (χ2v) is 4.53. The maximum Gasteiger partial charge on any atom is 0.302 e. The first kappa shape index (κ1) is 23.2. The van der Waals surface area contributed by atoms with Crippen LogP contribution < -0.4 is 5.32 Å². The third-order valence-electron chi connectivity index (χ3n) is 1.04. The van der Waals surface area contributed by atoms with Gasteiger partial charge in [0.05, 0.1) is 5.75 Å². The van der Waals surface area contributed by atoms with Gasteiger partial charge in [-0.05, 0) is 6.20 Å². The molecular formula is C12H21NO6S. The van der Waals surface area contributed by atoms with E-state index in [2.05, 4.69) is 29.8 Å². The van der Waals surface area contributed by atoms with Crippen molar-refractivity contribution in [3.05, 3.63) is 38.1 Å². The third kappa shape index (κ3) is 44.4. The van der Waals surface area contributed by atoms with Gasteiger partial charge in [0.15, 0.2) is 0 Å². The van der Waals surface area contributed by atoms with Crippen LogP contribution in [-0.4, -0.2) is 37.2 Å². The number of esters is 1. The summed E-state index contributed by atoms with van der Waals surface area (Å²) in [5.41, 5.74) is 0. The van der Waals surface area contributed by atoms with Crippen molar-refractivity contribution in [2.24, 2.45) is 0 Å². The Kier molecular flexibility index (Phi) is 17.5. The Labute approximate surface area is 119 Å². The van der Waals surface area contributed by atoms with Crippen LogP contribution in [0, 0.1) is 0 Å². The van der Waals surface area contributed by atoms with Gasteiger partial charge in [0.2, 0.25) is 5.91 Å². The Morgan fingerprint density at radius 2 is 1.70 bits per heavy atom. The molecule has 2 N–H and O–H groups in total. The van der Waals surface area contributed by atoms with Gasteiger partial charge >= 0.3 is 5.97 Å². The molecule has 8 heteroatoms. The Morgan fingerprint density at radius 3 is 1.75 bits per heavy atom. The van der Waals surface area contributed by atoms with Crippen LogP contribution in [0.2, 0.25) is 0 Å². The number of ether oxygens (including phenoxy) is 1. The highest BCUT2D eigenvalue weighted by Gasteiger charge is 1.95. The molecular weight excluding hydrogens is 286 g/mol. The van der Waals surface area contributed by atoms with E-state index in [1.54, 1.807) is 0 Å². The summed E-state index contributed by atoms with van der Waals surface area (Å²) in [5.74, 6) is -0.711. The first-order chi connectivity index (χ1) is 9.10. The summed E-state index contributed by atoms with van der Waals surface area (Å²) < 4.78 is 31.8. The molecule has 0 aromatic rings. The molecule has 0 aliphatic rings. The number of rotatable bonds is 5. The van der Waals surface area contributed by atoms with Crippen LogP contribution >= 0.6 is 0 Å². The lowest BCUT2D eigenvalue weighted by molar-refractivity contribution is -0.139. The molecule has 0 aromatic heterocycles. The minimum Gasteiger partial charge on any atom is -0.462 e. The van der Waals surface area contributed by atoms with Crippen LogP contribution in [0.15, 0.2) is 38.1 Å². The fourth-order valence-electron chi connectivity index (χ4n) is 0.469. The first-order valence-electron chi connectivity index (χ1n) is 5.29. The number of carbonyl (C=O) groups excluding carboxylic acids is 2. The molecule has 0 atom stereocenters. The van der Waals surface area contributed by atoms with Gasteiger partial charge in [0.1, 0.15) is 6.61 Å². The fraction of sp³-hybridized carbons (Fsp3) is 0.333. The summed E-state index contributed by atoms with van der Waals surface area (Å²) in [6, 6.07) is 0. The molecule has 0 aliphatic carbocycles. The summed E-state index contributed by atoms with van der Waals surface area (Å²) in [4.78, 5) is 19.8. The van der Waals surface area contributed by atoms with Crippen molar-refractivity contribution in [3.8, 4) is 0 Å². The standard InChI is InChI=1S/C5H8O2.C4H7NO.C3H6O3S/c1-3-4-7-5(2)6;1-3-5-4(2)6;1-2-3-7(4,5)6/h3H,1,4H2,2H3;3H,1H2,2H3,(H,5,6);2H,1,3H2,(H,4,5,6). The molecule has 0 aliphatic heterocycles. The minimum atomic E-state index is -3.79. The van der Waals surface area contributed by atoms with E-state index in [0.29, 0.717) is 6.61 Å². The molecule has 116 valence electrons. The van der Waals surface area contributed by atoms with Gasteiger partial charge in [-0.3, -0.25) is 14.1 Å². The van der Waals surface area contributed by atoms with Gasteiger partial charge in [0, 0.05) is 13.8 Å². The molecule has 0 saturated heterocycles. The lowest BCUT2D eigenvalue weighted by atomic mass is 10.7. The van der Waals surface area contributed by atoms with Crippen molar-refractivity contribution in [2.45, 2.75) is 13.8 Å². The Bertz CT molecular complexity index is 414. The second kappa shape index (κ2) is 15.1. The van der Waals surface area contributed by atoms with Crippen molar-refractivity contribution in [1.29, 1.82) is 0 Å². The van der Waals surface area contributed by atoms with E-state index in [1.165, 1.54) is 26.1 Å². The summed E-state index contributed by atoms with van der Waals surface area (Å²) in [5, 5.41) is 2.33. The molecule has 0 aromatic carbocycles. The molecule has 7 nitrogen and oxygen atoms in total. The maximum atomic E-state index is 9.93. The van der Waals surface area contributed by atoms with Gasteiger partial charge in [-0.1, -0.05) is 25.3 Å². The lowest BCUT2D eigenvalue weighted by Gasteiger charge is -1.90. The average Bonchev–Trinajstić information content (AvgIpc) is 2.26. The first-order valence-corrected chi connectivity index (χ1v) is 6.89. The van der Waals surface area contributed by atoms with E-state index < -0.39 is 10.1 Å². The van der Waals surface area contributed by atoms with Gasteiger partial charge in [-0.2, -0.15) is 8.42 Å². The van der Waals surface area contributed by atoms with Crippen LogP contribution in [0.25, 0.3) is 0 Å². The topological polar surface area (TPSA) is 110 Å². The predicted molar refractivity (Wildman–Crippen MR) is 77.5 cm³/mol. The largest absolute Gasteiger partial charge is 0.462 e. The van der Waals surface area contributed by atoms with E-state index in [4.69, 9.17) is 4.55 Å². The lowest BCUT2D eigenvalue weighted by Crippen LogP contribution is -2.10. The zero-order valence-electron chi connectivity index (χ0n) is 11.7. The van der Waals surface area contributed by atoms with Crippen molar-refractivity contribution >= 4 is 22.0 Å². The number of carbonyl (C=O) groups is 2. The molecule has 0 bridgehead atoms. The van der Waals surface area contributed by atoms with Crippen molar-refractivity contribution < 1.29 is 27.3 Å². The molecule has 0 unspecified atom stereocenters. The zero-order chi connectivity index (χ0) is 16.6. The second-order valence-electron chi connectivity index (χ2n) is 3.03. The highest BCUT2D eigenvalue weighted by Crippen LogP contribution is 1.78. The number of hydrogen-bond donors (Lipinski definition) is 2. The fourth-order valence-corrected chi connectivity index (χ4v) is 0.767. The molecule has 20 heavy (non-hydrogen) atoms. The molecule has 0 rings (SSSR count). The normalized spacial score (nSPS) is 8.55. The Hall–Kier alpha value is -1.93. The van der Waals surface area contributed by atoms with E-state index >= 15 is 0 Å². The van der Waals surface area contributed by atoms with Crippen LogP contribution in [0.1, 0.15) is 13.8 Å². The van der Waals surface area contributed by atoms with Crippen molar-refractivity contribution in [1.82, 2.24) is 5.32 Å². The Morgan fingerprint density at radius 1 is 1.20 bits per heavy atom. The summed E-state index contributed by atoms with van der Waals surface area (Å²) in [6.45, 7) is 12.8.